The summed E-state index contributed by atoms with van der Waals surface area (Å²) in [7, 11) is 0. The number of fused-ring (bicyclic) bond motifs is 4. The first-order valence-electron chi connectivity index (χ1n) is 24.2. The zero-order valence-electron chi connectivity index (χ0n) is 42.9. The van der Waals surface area contributed by atoms with Crippen LogP contribution in [0.4, 0.5) is 0 Å². The molecule has 0 unspecified atom stereocenters. The van der Waals surface area contributed by atoms with Gasteiger partial charge in [0.25, 0.3) is 0 Å². The van der Waals surface area contributed by atoms with Crippen LogP contribution in [-0.2, 0) is 26.5 Å². The molecule has 0 spiro atoms. The van der Waals surface area contributed by atoms with Gasteiger partial charge in [-0.3, -0.25) is 4.98 Å². The summed E-state index contributed by atoms with van der Waals surface area (Å²) in [5, 5.41) is 2.20. The summed E-state index contributed by atoms with van der Waals surface area (Å²) in [4.78, 5) is 9.80. The summed E-state index contributed by atoms with van der Waals surface area (Å²) in [6.45, 7) is 12.8. The fourth-order valence-electron chi connectivity index (χ4n) is 8.27. The summed E-state index contributed by atoms with van der Waals surface area (Å²) in [5.74, 6) is 7.98. The van der Waals surface area contributed by atoms with Crippen molar-refractivity contribution < 1.29 is 31.4 Å². The number of hydrogen-bond acceptors (Lipinski definition) is 3. The second-order valence-corrected chi connectivity index (χ2v) is 28.9. The molecule has 0 saturated carbocycles. The van der Waals surface area contributed by atoms with Gasteiger partial charge in [0.1, 0.15) is 5.58 Å². The van der Waals surface area contributed by atoms with Gasteiger partial charge in [0.15, 0.2) is 0 Å². The average Bonchev–Trinajstić information content (AvgIpc) is 3.86. The van der Waals surface area contributed by atoms with Crippen LogP contribution in [0.25, 0.3) is 72.4 Å². The second kappa shape index (κ2) is 19.0. The van der Waals surface area contributed by atoms with E-state index in [1.165, 1.54) is 39.6 Å². The van der Waals surface area contributed by atoms with E-state index in [1.807, 2.05) is 32.2 Å². The maximum absolute atomic E-state index is 8.60. The molecular formula is C57H59GeIrN3O-2. The zero-order chi connectivity index (χ0) is 48.2. The second-order valence-electron chi connectivity index (χ2n) is 18.3. The van der Waals surface area contributed by atoms with Crippen LogP contribution >= 0.6 is 0 Å². The first-order valence-corrected chi connectivity index (χ1v) is 29.1. The van der Waals surface area contributed by atoms with E-state index in [2.05, 4.69) is 165 Å². The number of aryl methyl sites for hydroxylation is 2. The molecule has 1 radical (unpaired) electrons. The largest absolute Gasteiger partial charge is 0 e. The molecule has 0 saturated heterocycles. The van der Waals surface area contributed by atoms with Gasteiger partial charge in [0.05, 0.1) is 22.4 Å². The van der Waals surface area contributed by atoms with Crippen LogP contribution in [-0.4, -0.2) is 27.8 Å². The Morgan fingerprint density at radius 2 is 1.46 bits per heavy atom. The minimum absolute atomic E-state index is 0. The molecule has 323 valence electrons. The van der Waals surface area contributed by atoms with Crippen molar-refractivity contribution in [3.63, 3.8) is 0 Å². The van der Waals surface area contributed by atoms with E-state index < -0.39 is 26.5 Å². The van der Waals surface area contributed by atoms with E-state index in [4.69, 9.17) is 16.3 Å². The van der Waals surface area contributed by atoms with Gasteiger partial charge in [0, 0.05) is 31.2 Å². The summed E-state index contributed by atoms with van der Waals surface area (Å²) >= 11 is -2.32. The van der Waals surface area contributed by atoms with Crippen molar-refractivity contribution in [1.29, 1.82) is 0 Å². The number of benzene rings is 6. The number of imidazole rings is 1. The van der Waals surface area contributed by atoms with E-state index in [-0.39, 0.29) is 31.6 Å². The van der Waals surface area contributed by atoms with Gasteiger partial charge in [-0.25, -0.2) is 0 Å². The van der Waals surface area contributed by atoms with Gasteiger partial charge in [-0.1, -0.05) is 93.2 Å². The predicted molar refractivity (Wildman–Crippen MR) is 266 cm³/mol. The molecule has 0 N–H and O–H groups in total. The Morgan fingerprint density at radius 3 is 2.11 bits per heavy atom. The van der Waals surface area contributed by atoms with Crippen molar-refractivity contribution in [2.75, 3.05) is 0 Å². The van der Waals surface area contributed by atoms with E-state index in [9.17, 15) is 0 Å². The number of para-hydroxylation sites is 2. The van der Waals surface area contributed by atoms with Crippen LogP contribution in [0.5, 0.6) is 0 Å². The summed E-state index contributed by atoms with van der Waals surface area (Å²) in [5.41, 5.74) is 14.3. The third-order valence-corrected chi connectivity index (χ3v) is 15.6. The summed E-state index contributed by atoms with van der Waals surface area (Å²) in [6, 6.07) is 47.4. The molecule has 9 aromatic rings. The Hall–Kier alpha value is -5.07. The van der Waals surface area contributed by atoms with Crippen LogP contribution in [0.2, 0.25) is 17.3 Å². The number of rotatable bonds is 9. The van der Waals surface area contributed by atoms with E-state index in [0.717, 1.165) is 48.8 Å². The molecule has 0 aliphatic carbocycles. The maximum Gasteiger partial charge on any atom is 0 e. The van der Waals surface area contributed by atoms with Crippen molar-refractivity contribution in [2.24, 2.45) is 5.92 Å². The molecule has 0 bridgehead atoms. The minimum Gasteiger partial charge on any atom is 0 e. The molecule has 3 heterocycles. The van der Waals surface area contributed by atoms with Crippen molar-refractivity contribution in [1.82, 2.24) is 14.5 Å². The smallest absolute Gasteiger partial charge is 0 e. The summed E-state index contributed by atoms with van der Waals surface area (Å²) < 4.78 is 49.6. The molecule has 9 rings (SSSR count). The van der Waals surface area contributed by atoms with Gasteiger partial charge in [0.2, 0.25) is 0 Å². The van der Waals surface area contributed by atoms with Crippen LogP contribution < -0.4 is 4.40 Å². The first-order chi connectivity index (χ1) is 31.6. The molecule has 0 atom stereocenters. The first kappa shape index (κ1) is 39.5. The number of aromatic nitrogens is 3. The maximum atomic E-state index is 8.60. The third-order valence-electron chi connectivity index (χ3n) is 11.4. The fraction of sp³-hybridized carbons (Fsp3) is 0.263. The Bertz CT molecular complexity index is 3210. The number of nitrogens with zero attached hydrogens (tertiary/aromatic N) is 3. The third kappa shape index (κ3) is 9.58. The number of furan rings is 1. The van der Waals surface area contributed by atoms with E-state index >= 15 is 0 Å². The van der Waals surface area contributed by atoms with Gasteiger partial charge in [-0.05, 0) is 76.9 Å². The normalized spacial score (nSPS) is 13.4. The molecule has 4 nitrogen and oxygen atoms in total. The molecule has 63 heavy (non-hydrogen) atoms. The van der Waals surface area contributed by atoms with Crippen LogP contribution in [0, 0.1) is 31.8 Å². The van der Waals surface area contributed by atoms with Crippen molar-refractivity contribution in [3.8, 4) is 39.5 Å². The Balaban J connectivity index is 0.000000220. The minimum atomic E-state index is -2.32. The quantitative estimate of drug-likeness (QED) is 0.107. The Labute approximate surface area is 398 Å². The van der Waals surface area contributed by atoms with E-state index in [1.54, 1.807) is 12.1 Å². The standard InChI is InChI=1S/C38H33N2O.C19H26GeN.Ir/c1-23(2)31-21-27(26-12-7-6-8-13-26)22-32(24(3)4)36(31)40-34-17-10-9-16-33(34)39-38(40)30-15-11-14-29-28-19-18-25(5)20-35(28)41-37(29)30;1-14(2)11-17-12-19(16-9-7-15(3)8-10-16)21-13-18(17)20(4,5)6;/h6-14,16-24H,1-5H3;7-9,12-14H,11H2,1-6H3;/q2*-1;/i;3D3,11D2;. The van der Waals surface area contributed by atoms with E-state index in [0.29, 0.717) is 28.7 Å². The fourth-order valence-corrected chi connectivity index (χ4v) is 11.2. The van der Waals surface area contributed by atoms with Crippen LogP contribution in [0.3, 0.4) is 0 Å². The van der Waals surface area contributed by atoms with Crippen molar-refractivity contribution in [3.05, 3.63) is 167 Å². The topological polar surface area (TPSA) is 43.9 Å². The van der Waals surface area contributed by atoms with Crippen LogP contribution in [0.1, 0.15) is 88.0 Å². The van der Waals surface area contributed by atoms with Gasteiger partial charge < -0.3 is 8.98 Å². The average molecular weight is 1070 g/mol. The zero-order valence-corrected chi connectivity index (χ0v) is 42.4. The molecule has 0 fully saturated rings. The SMILES string of the molecule is Cc1ccc2c(c1)oc1c(-c3nc4ccccc4n3-c3c(C(C)C)cc(-c4ccccc4)cc3C(C)C)[c-]ccc12.[2H]C([2H])([2H])c1c[c-]c(-c2cc(C([2H])([2H])C(C)C)[c]([Ge]([CH3])([CH3])[CH3])cn2)cc1.[Ir]. The number of pyridine rings is 1. The van der Waals surface area contributed by atoms with Crippen molar-refractivity contribution in [2.45, 2.75) is 90.8 Å². The van der Waals surface area contributed by atoms with Crippen LogP contribution in [0.15, 0.2) is 132 Å². The molecule has 0 aliphatic heterocycles. The molecule has 6 heteroatoms. The molecule has 6 aromatic carbocycles. The number of hydrogen-bond donors (Lipinski definition) is 0. The van der Waals surface area contributed by atoms with Gasteiger partial charge in [-0.15, -0.1) is 18.2 Å². The monoisotopic (exact) mass is 1070 g/mol. The molecule has 0 amide bonds. The molecule has 0 aliphatic rings. The predicted octanol–water partition coefficient (Wildman–Crippen LogP) is 15.2. The Morgan fingerprint density at radius 1 is 0.762 bits per heavy atom. The van der Waals surface area contributed by atoms with Gasteiger partial charge in [-0.2, -0.15) is 0 Å². The van der Waals surface area contributed by atoms with Crippen molar-refractivity contribution >= 4 is 50.6 Å². The Kier molecular flexibility index (Phi) is 11.9. The summed E-state index contributed by atoms with van der Waals surface area (Å²) in [6.07, 6.45) is 0.362. The molecular weight excluding hydrogens is 1010 g/mol. The van der Waals surface area contributed by atoms with Gasteiger partial charge >= 0.3 is 139 Å². The molecule has 3 aromatic heterocycles.